The Balaban J connectivity index is 2.51. The van der Waals surface area contributed by atoms with Crippen LogP contribution in [0.5, 0.6) is 0 Å². The fourth-order valence-electron chi connectivity index (χ4n) is 1.81. The molecule has 0 radical (unpaired) electrons. The van der Waals surface area contributed by atoms with Gasteiger partial charge in [-0.15, -0.1) is 0 Å². The van der Waals surface area contributed by atoms with E-state index < -0.39 is 18.4 Å². The van der Waals surface area contributed by atoms with Crippen LogP contribution < -0.4 is 3.71 Å². The standard InChI is InChI=1S/C10H8N.3CH3.Sn/c1-2-6-10(7-3-1)11-8-4-5-9-11;;;;/h1-8H;3*1H3;. The molecule has 0 spiro atoms. The van der Waals surface area contributed by atoms with E-state index in [2.05, 4.69) is 68.0 Å². The third-order valence-electron chi connectivity index (χ3n) is 2.55. The molecule has 0 amide bonds. The summed E-state index contributed by atoms with van der Waals surface area (Å²) in [5.74, 6) is 0. The van der Waals surface area contributed by atoms with Crippen molar-refractivity contribution in [2.45, 2.75) is 14.8 Å². The van der Waals surface area contributed by atoms with Gasteiger partial charge in [-0.1, -0.05) is 0 Å². The molecule has 0 aliphatic carbocycles. The van der Waals surface area contributed by atoms with Gasteiger partial charge in [-0.2, -0.15) is 0 Å². The SMILES string of the molecule is [CH3][Sn]([CH3])([CH3])[c]1cccn1-c1ccccc1. The van der Waals surface area contributed by atoms with Gasteiger partial charge in [-0.3, -0.25) is 0 Å². The van der Waals surface area contributed by atoms with Crippen molar-refractivity contribution in [1.82, 2.24) is 4.57 Å². The van der Waals surface area contributed by atoms with E-state index in [4.69, 9.17) is 0 Å². The number of benzene rings is 1. The number of hydrogen-bond donors (Lipinski definition) is 0. The van der Waals surface area contributed by atoms with E-state index in [9.17, 15) is 0 Å². The van der Waals surface area contributed by atoms with Crippen molar-refractivity contribution in [1.29, 1.82) is 0 Å². The van der Waals surface area contributed by atoms with Crippen LogP contribution >= 0.6 is 0 Å². The molecule has 15 heavy (non-hydrogen) atoms. The fraction of sp³-hybridized carbons (Fsp3) is 0.231. The van der Waals surface area contributed by atoms with E-state index in [-0.39, 0.29) is 0 Å². The summed E-state index contributed by atoms with van der Waals surface area (Å²) >= 11 is -1.98. The average Bonchev–Trinajstić information content (AvgIpc) is 2.67. The maximum absolute atomic E-state index is 2.45. The third-order valence-corrected chi connectivity index (χ3v) is 8.10. The molecule has 2 heteroatoms. The fourth-order valence-corrected chi connectivity index (χ4v) is 6.15. The first-order chi connectivity index (χ1) is 7.09. The minimum absolute atomic E-state index is 1.28. The Bertz CT molecular complexity index is 437. The van der Waals surface area contributed by atoms with Crippen LogP contribution in [0.2, 0.25) is 14.8 Å². The number of nitrogens with zero attached hydrogens (tertiary/aromatic N) is 1. The molecule has 1 heterocycles. The first-order valence-electron chi connectivity index (χ1n) is 5.32. The van der Waals surface area contributed by atoms with Crippen LogP contribution in [0.4, 0.5) is 0 Å². The molecular formula is C13H17NSn. The molecule has 1 nitrogen and oxygen atoms in total. The number of para-hydroxylation sites is 1. The van der Waals surface area contributed by atoms with E-state index in [1.54, 1.807) is 3.71 Å². The molecule has 1 aromatic carbocycles. The number of rotatable bonds is 2. The summed E-state index contributed by atoms with van der Waals surface area (Å²) in [6.45, 7) is 0. The summed E-state index contributed by atoms with van der Waals surface area (Å²) in [4.78, 5) is 7.34. The Hall–Kier alpha value is -0.701. The van der Waals surface area contributed by atoms with E-state index >= 15 is 0 Å². The van der Waals surface area contributed by atoms with Gasteiger partial charge in [-0.25, -0.2) is 0 Å². The summed E-state index contributed by atoms with van der Waals surface area (Å²) in [6, 6.07) is 15.0. The van der Waals surface area contributed by atoms with Gasteiger partial charge >= 0.3 is 95.8 Å². The van der Waals surface area contributed by atoms with Gasteiger partial charge < -0.3 is 0 Å². The second kappa shape index (κ2) is 4.05. The topological polar surface area (TPSA) is 4.93 Å². The van der Waals surface area contributed by atoms with Crippen LogP contribution in [0, 0.1) is 0 Å². The average molecular weight is 306 g/mol. The van der Waals surface area contributed by atoms with Crippen molar-refractivity contribution < 1.29 is 0 Å². The van der Waals surface area contributed by atoms with Crippen LogP contribution in [-0.2, 0) is 0 Å². The molecular weight excluding hydrogens is 289 g/mol. The van der Waals surface area contributed by atoms with Crippen molar-refractivity contribution >= 4 is 22.1 Å². The summed E-state index contributed by atoms with van der Waals surface area (Å²) in [5.41, 5.74) is 1.28. The molecule has 1 aromatic heterocycles. The van der Waals surface area contributed by atoms with Crippen molar-refractivity contribution in [2.75, 3.05) is 0 Å². The van der Waals surface area contributed by atoms with E-state index in [1.807, 2.05) is 0 Å². The third kappa shape index (κ3) is 2.28. The molecule has 78 valence electrons. The molecule has 0 saturated carbocycles. The van der Waals surface area contributed by atoms with E-state index in [0.717, 1.165) is 0 Å². The molecule has 0 saturated heterocycles. The molecule has 0 fully saturated rings. The van der Waals surface area contributed by atoms with E-state index in [0.29, 0.717) is 0 Å². The maximum atomic E-state index is 2.45. The van der Waals surface area contributed by atoms with Gasteiger partial charge in [0.05, 0.1) is 0 Å². The van der Waals surface area contributed by atoms with Crippen molar-refractivity contribution in [3.8, 4) is 5.69 Å². The van der Waals surface area contributed by atoms with Gasteiger partial charge in [0, 0.05) is 0 Å². The van der Waals surface area contributed by atoms with Gasteiger partial charge in [-0.05, 0) is 0 Å². The zero-order valence-corrected chi connectivity index (χ0v) is 12.4. The molecule has 0 N–H and O–H groups in total. The first kappa shape index (κ1) is 10.8. The molecule has 2 aromatic rings. The molecule has 0 bridgehead atoms. The molecule has 0 atom stereocenters. The Morgan fingerprint density at radius 3 is 2.13 bits per heavy atom. The zero-order valence-electron chi connectivity index (χ0n) is 9.57. The second-order valence-corrected chi connectivity index (χ2v) is 19.2. The summed E-state index contributed by atoms with van der Waals surface area (Å²) < 4.78 is 3.89. The van der Waals surface area contributed by atoms with Crippen molar-refractivity contribution in [3.63, 3.8) is 0 Å². The summed E-state index contributed by atoms with van der Waals surface area (Å²) in [7, 11) is 0. The summed E-state index contributed by atoms with van der Waals surface area (Å²) in [5, 5.41) is 0. The zero-order chi connectivity index (χ0) is 10.9. The van der Waals surface area contributed by atoms with Crippen LogP contribution in [0.15, 0.2) is 48.7 Å². The number of hydrogen-bond acceptors (Lipinski definition) is 0. The van der Waals surface area contributed by atoms with Gasteiger partial charge in [0.1, 0.15) is 0 Å². The molecule has 0 aliphatic heterocycles. The predicted molar refractivity (Wildman–Crippen MR) is 68.7 cm³/mol. The van der Waals surface area contributed by atoms with Crippen molar-refractivity contribution in [3.05, 3.63) is 48.7 Å². The Morgan fingerprint density at radius 2 is 1.53 bits per heavy atom. The number of aromatic nitrogens is 1. The molecule has 2 rings (SSSR count). The Morgan fingerprint density at radius 1 is 0.867 bits per heavy atom. The Kier molecular flexibility index (Phi) is 2.91. The van der Waals surface area contributed by atoms with Crippen LogP contribution in [0.25, 0.3) is 5.69 Å². The quantitative estimate of drug-likeness (QED) is 0.752. The second-order valence-electron chi connectivity index (χ2n) is 4.85. The monoisotopic (exact) mass is 307 g/mol. The van der Waals surface area contributed by atoms with Gasteiger partial charge in [0.25, 0.3) is 0 Å². The minimum atomic E-state index is -1.98. The van der Waals surface area contributed by atoms with Crippen LogP contribution in [0.1, 0.15) is 0 Å². The van der Waals surface area contributed by atoms with Gasteiger partial charge in [0.2, 0.25) is 0 Å². The first-order valence-corrected chi connectivity index (χ1v) is 15.3. The molecule has 0 unspecified atom stereocenters. The van der Waals surface area contributed by atoms with Gasteiger partial charge in [0.15, 0.2) is 0 Å². The summed E-state index contributed by atoms with van der Waals surface area (Å²) in [6.07, 6.45) is 2.17. The predicted octanol–water partition coefficient (Wildman–Crippen LogP) is 3.02. The van der Waals surface area contributed by atoms with E-state index in [1.165, 1.54) is 5.69 Å². The molecule has 0 aliphatic rings. The van der Waals surface area contributed by atoms with Crippen LogP contribution in [0.3, 0.4) is 0 Å². The Labute approximate surface area is 95.6 Å². The van der Waals surface area contributed by atoms with Crippen molar-refractivity contribution in [2.24, 2.45) is 0 Å². The normalized spacial score (nSPS) is 11.7. The van der Waals surface area contributed by atoms with Crippen LogP contribution in [-0.4, -0.2) is 22.9 Å².